The van der Waals surface area contributed by atoms with Gasteiger partial charge in [-0.25, -0.2) is 9.97 Å². The minimum absolute atomic E-state index is 0.226. The van der Waals surface area contributed by atoms with Crippen LogP contribution in [0.5, 0.6) is 0 Å². The Morgan fingerprint density at radius 2 is 2.00 bits per heavy atom. The monoisotopic (exact) mass is 383 g/mol. The third kappa shape index (κ3) is 3.67. The van der Waals surface area contributed by atoms with Gasteiger partial charge < -0.3 is 10.1 Å². The van der Waals surface area contributed by atoms with Gasteiger partial charge in [0.2, 0.25) is 0 Å². The van der Waals surface area contributed by atoms with E-state index in [1.807, 2.05) is 43.5 Å². The lowest BCUT2D eigenvalue weighted by molar-refractivity contribution is 0.0852. The fourth-order valence-corrected chi connectivity index (χ4v) is 2.36. The first kappa shape index (κ1) is 15.2. The summed E-state index contributed by atoms with van der Waals surface area (Å²) in [5.41, 5.74) is 1.07. The van der Waals surface area contributed by atoms with E-state index in [2.05, 4.69) is 44.8 Å². The summed E-state index contributed by atoms with van der Waals surface area (Å²) in [5.74, 6) is 1.55. The predicted molar refractivity (Wildman–Crippen MR) is 88.8 cm³/mol. The Kier molecular flexibility index (Phi) is 5.72. The number of rotatable bonds is 6. The number of nitrogens with zero attached hydrogens (tertiary/aromatic N) is 2. The molecular formula is C15H18IN3O. The Bertz CT molecular complexity index is 548. The van der Waals surface area contributed by atoms with Crippen LogP contribution >= 0.6 is 22.6 Å². The molecule has 5 heteroatoms. The normalized spacial score (nSPS) is 12.2. The van der Waals surface area contributed by atoms with Crippen LogP contribution < -0.4 is 5.32 Å². The number of benzene rings is 1. The number of hydrogen-bond acceptors (Lipinski definition) is 4. The van der Waals surface area contributed by atoms with Gasteiger partial charge in [0.1, 0.15) is 11.9 Å². The van der Waals surface area contributed by atoms with Gasteiger partial charge in [-0.05, 0) is 42.0 Å². The van der Waals surface area contributed by atoms with Gasteiger partial charge in [0.25, 0.3) is 0 Å². The second kappa shape index (κ2) is 7.54. The van der Waals surface area contributed by atoms with E-state index in [0.717, 1.165) is 21.5 Å². The SMILES string of the molecule is CCNc1nc(C(OCC)c2ccccc2)ncc1I. The smallest absolute Gasteiger partial charge is 0.164 e. The molecule has 4 nitrogen and oxygen atoms in total. The number of nitrogens with one attached hydrogen (secondary N) is 1. The third-order valence-corrected chi connectivity index (χ3v) is 3.57. The van der Waals surface area contributed by atoms with Crippen molar-refractivity contribution in [1.82, 2.24) is 9.97 Å². The van der Waals surface area contributed by atoms with Crippen LogP contribution in [0.1, 0.15) is 31.3 Å². The van der Waals surface area contributed by atoms with E-state index in [0.29, 0.717) is 12.4 Å². The van der Waals surface area contributed by atoms with Gasteiger partial charge in [0, 0.05) is 19.3 Å². The maximum atomic E-state index is 5.83. The van der Waals surface area contributed by atoms with E-state index < -0.39 is 0 Å². The average molecular weight is 383 g/mol. The maximum absolute atomic E-state index is 5.83. The second-order valence-corrected chi connectivity index (χ2v) is 5.36. The lowest BCUT2D eigenvalue weighted by Crippen LogP contribution is -2.13. The van der Waals surface area contributed by atoms with Crippen molar-refractivity contribution in [3.05, 3.63) is 51.5 Å². The van der Waals surface area contributed by atoms with E-state index >= 15 is 0 Å². The van der Waals surface area contributed by atoms with Crippen LogP contribution in [0.15, 0.2) is 36.5 Å². The zero-order valence-corrected chi connectivity index (χ0v) is 13.8. The highest BCUT2D eigenvalue weighted by molar-refractivity contribution is 14.1. The van der Waals surface area contributed by atoms with E-state index in [9.17, 15) is 0 Å². The van der Waals surface area contributed by atoms with Crippen LogP contribution in [0.3, 0.4) is 0 Å². The van der Waals surface area contributed by atoms with Crippen molar-refractivity contribution < 1.29 is 4.74 Å². The number of hydrogen-bond donors (Lipinski definition) is 1. The van der Waals surface area contributed by atoms with Crippen molar-refractivity contribution in [2.45, 2.75) is 20.0 Å². The van der Waals surface area contributed by atoms with E-state index in [1.54, 1.807) is 0 Å². The fourth-order valence-electron chi connectivity index (χ4n) is 1.91. The zero-order chi connectivity index (χ0) is 14.4. The molecule has 0 saturated heterocycles. The molecule has 0 spiro atoms. The predicted octanol–water partition coefficient (Wildman–Crippen LogP) is 3.64. The Morgan fingerprint density at radius 3 is 2.65 bits per heavy atom. The zero-order valence-electron chi connectivity index (χ0n) is 11.6. The van der Waals surface area contributed by atoms with Gasteiger partial charge in [-0.2, -0.15) is 0 Å². The van der Waals surface area contributed by atoms with Crippen LogP contribution in [0.2, 0.25) is 0 Å². The third-order valence-electron chi connectivity index (χ3n) is 2.78. The van der Waals surface area contributed by atoms with Crippen molar-refractivity contribution in [3.63, 3.8) is 0 Å². The highest BCUT2D eigenvalue weighted by Crippen LogP contribution is 2.25. The van der Waals surface area contributed by atoms with E-state index in [1.165, 1.54) is 0 Å². The first-order valence-corrected chi connectivity index (χ1v) is 7.77. The highest BCUT2D eigenvalue weighted by atomic mass is 127. The molecule has 0 fully saturated rings. The van der Waals surface area contributed by atoms with Crippen LogP contribution in [-0.2, 0) is 4.74 Å². The molecule has 0 saturated carbocycles. The number of anilines is 1. The summed E-state index contributed by atoms with van der Waals surface area (Å²) < 4.78 is 6.84. The number of halogens is 1. The summed E-state index contributed by atoms with van der Waals surface area (Å²) in [5, 5.41) is 3.25. The van der Waals surface area contributed by atoms with Crippen LogP contribution in [0.25, 0.3) is 0 Å². The van der Waals surface area contributed by atoms with E-state index in [4.69, 9.17) is 4.74 Å². The quantitative estimate of drug-likeness (QED) is 0.774. The maximum Gasteiger partial charge on any atom is 0.164 e. The lowest BCUT2D eigenvalue weighted by atomic mass is 10.1. The molecule has 1 unspecified atom stereocenters. The first-order chi connectivity index (χ1) is 9.76. The minimum atomic E-state index is -0.226. The van der Waals surface area contributed by atoms with Gasteiger partial charge in [0.05, 0.1) is 3.57 Å². The Balaban J connectivity index is 2.37. The van der Waals surface area contributed by atoms with Gasteiger partial charge in [-0.3, -0.25) is 0 Å². The molecule has 1 N–H and O–H groups in total. The molecule has 0 radical (unpaired) electrons. The number of ether oxygens (including phenoxy) is 1. The van der Waals surface area contributed by atoms with Crippen molar-refractivity contribution in [2.24, 2.45) is 0 Å². The molecule has 0 aliphatic heterocycles. The lowest BCUT2D eigenvalue weighted by Gasteiger charge is -2.17. The summed E-state index contributed by atoms with van der Waals surface area (Å²) in [6.45, 7) is 5.48. The van der Waals surface area contributed by atoms with Crippen LogP contribution in [0.4, 0.5) is 5.82 Å². The van der Waals surface area contributed by atoms with Crippen molar-refractivity contribution in [1.29, 1.82) is 0 Å². The molecule has 1 atom stereocenters. The summed E-state index contributed by atoms with van der Waals surface area (Å²) >= 11 is 2.23. The summed E-state index contributed by atoms with van der Waals surface area (Å²) in [6, 6.07) is 10.1. The Labute approximate surface area is 133 Å². The first-order valence-electron chi connectivity index (χ1n) is 6.69. The molecule has 1 aromatic heterocycles. The fraction of sp³-hybridized carbons (Fsp3) is 0.333. The van der Waals surface area contributed by atoms with Gasteiger partial charge in [-0.15, -0.1) is 0 Å². The molecule has 0 aliphatic rings. The summed E-state index contributed by atoms with van der Waals surface area (Å²) in [4.78, 5) is 9.04. The Hall–Kier alpha value is -1.21. The topological polar surface area (TPSA) is 47.0 Å². The van der Waals surface area contributed by atoms with Crippen LogP contribution in [-0.4, -0.2) is 23.1 Å². The molecule has 1 heterocycles. The molecule has 1 aromatic carbocycles. The molecule has 0 aliphatic carbocycles. The van der Waals surface area contributed by atoms with E-state index in [-0.39, 0.29) is 6.10 Å². The summed E-state index contributed by atoms with van der Waals surface area (Å²) in [6.07, 6.45) is 1.60. The average Bonchev–Trinajstić information content (AvgIpc) is 2.48. The van der Waals surface area contributed by atoms with Crippen molar-refractivity contribution in [2.75, 3.05) is 18.5 Å². The number of aromatic nitrogens is 2. The minimum Gasteiger partial charge on any atom is -0.369 e. The molecule has 2 aromatic rings. The molecule has 2 rings (SSSR count). The standard InChI is InChI=1S/C15H18IN3O/c1-3-17-14-12(16)10-18-15(19-14)13(20-4-2)11-8-6-5-7-9-11/h5-10,13H,3-4H2,1-2H3,(H,17,18,19). The molecule has 0 amide bonds. The Morgan fingerprint density at radius 1 is 1.25 bits per heavy atom. The molecule has 0 bridgehead atoms. The largest absolute Gasteiger partial charge is 0.369 e. The van der Waals surface area contributed by atoms with Crippen LogP contribution in [0, 0.1) is 3.57 Å². The highest BCUT2D eigenvalue weighted by Gasteiger charge is 2.18. The van der Waals surface area contributed by atoms with Crippen molar-refractivity contribution in [3.8, 4) is 0 Å². The summed E-state index contributed by atoms with van der Waals surface area (Å²) in [7, 11) is 0. The van der Waals surface area contributed by atoms with Gasteiger partial charge in [0.15, 0.2) is 5.82 Å². The molecular weight excluding hydrogens is 365 g/mol. The van der Waals surface area contributed by atoms with Gasteiger partial charge >= 0.3 is 0 Å². The van der Waals surface area contributed by atoms with Crippen molar-refractivity contribution >= 4 is 28.4 Å². The molecule has 106 valence electrons. The second-order valence-electron chi connectivity index (χ2n) is 4.20. The van der Waals surface area contributed by atoms with Gasteiger partial charge in [-0.1, -0.05) is 30.3 Å². The molecule has 20 heavy (non-hydrogen) atoms.